The van der Waals surface area contributed by atoms with Gasteiger partial charge >= 0.3 is 0 Å². The molecule has 1 aromatic carbocycles. The van der Waals surface area contributed by atoms with Crippen LogP contribution < -0.4 is 16.8 Å². The Kier molecular flexibility index (Phi) is 7.59. The minimum atomic E-state index is -0.854. The van der Waals surface area contributed by atoms with Gasteiger partial charge in [-0.1, -0.05) is 55.7 Å². The first-order valence-corrected chi connectivity index (χ1v) is 12.8. The molecule has 4 rings (SSSR count). The smallest absolute Gasteiger partial charge is 0.270 e. The highest BCUT2D eigenvalue weighted by Gasteiger charge is 2.36. The van der Waals surface area contributed by atoms with Gasteiger partial charge in [-0.15, -0.1) is 11.3 Å². The van der Waals surface area contributed by atoms with Gasteiger partial charge in [0.1, 0.15) is 10.9 Å². The number of thiophene rings is 1. The van der Waals surface area contributed by atoms with Crippen molar-refractivity contribution in [3.05, 3.63) is 68.9 Å². The summed E-state index contributed by atoms with van der Waals surface area (Å²) in [7, 11) is 0. The quantitative estimate of drug-likeness (QED) is 0.436. The van der Waals surface area contributed by atoms with Crippen LogP contribution in [0.5, 0.6) is 0 Å². The highest BCUT2D eigenvalue weighted by molar-refractivity contribution is 7.10. The van der Waals surface area contributed by atoms with Gasteiger partial charge < -0.3 is 21.7 Å². The minimum absolute atomic E-state index is 0.0572. The number of nitrogens with one attached hydrogen (secondary N) is 1. The van der Waals surface area contributed by atoms with Gasteiger partial charge in [0.05, 0.1) is 5.69 Å². The predicted molar refractivity (Wildman–Crippen MR) is 133 cm³/mol. The van der Waals surface area contributed by atoms with E-state index in [4.69, 9.17) is 11.5 Å². The molecule has 34 heavy (non-hydrogen) atoms. The number of nitrogen functional groups attached to an aromatic ring is 1. The van der Waals surface area contributed by atoms with E-state index >= 15 is 0 Å². The molecular weight excluding hydrogens is 470 g/mol. The maximum absolute atomic E-state index is 13.8. The lowest BCUT2D eigenvalue weighted by Gasteiger charge is -2.32. The van der Waals surface area contributed by atoms with E-state index in [0.717, 1.165) is 47.7 Å². The number of carbonyl (C=O) groups excluding carboxylic acids is 3. The summed E-state index contributed by atoms with van der Waals surface area (Å²) in [5.41, 5.74) is 12.1. The van der Waals surface area contributed by atoms with Crippen molar-refractivity contribution in [3.63, 3.8) is 0 Å². The molecule has 8 nitrogen and oxygen atoms in total. The SMILES string of the molecule is NC(=O)c1nsc(C(=O)N(Cc2ccccc2)C(C(=O)NC2CCCCC2)c2cccs2)c1N. The Hall–Kier alpha value is -3.24. The van der Waals surface area contributed by atoms with Gasteiger partial charge in [0.2, 0.25) is 5.91 Å². The lowest BCUT2D eigenvalue weighted by atomic mass is 9.95. The molecule has 10 heteroatoms. The largest absolute Gasteiger partial charge is 0.395 e. The maximum Gasteiger partial charge on any atom is 0.270 e. The molecule has 2 heterocycles. The molecule has 1 atom stereocenters. The zero-order valence-corrected chi connectivity index (χ0v) is 20.2. The van der Waals surface area contributed by atoms with E-state index in [2.05, 4.69) is 9.69 Å². The average Bonchev–Trinajstić information content (AvgIpc) is 3.49. The van der Waals surface area contributed by atoms with Crippen molar-refractivity contribution < 1.29 is 14.4 Å². The third-order valence-corrected chi connectivity index (χ3v) is 7.71. The van der Waals surface area contributed by atoms with E-state index < -0.39 is 17.9 Å². The highest BCUT2D eigenvalue weighted by Crippen LogP contribution is 2.32. The van der Waals surface area contributed by atoms with E-state index in [0.29, 0.717) is 0 Å². The van der Waals surface area contributed by atoms with Crippen LogP contribution in [0.4, 0.5) is 5.69 Å². The van der Waals surface area contributed by atoms with Gasteiger partial charge in [-0.3, -0.25) is 14.4 Å². The third-order valence-electron chi connectivity index (χ3n) is 5.94. The number of hydrogen-bond donors (Lipinski definition) is 3. The Morgan fingerprint density at radius 3 is 2.44 bits per heavy atom. The van der Waals surface area contributed by atoms with Crippen LogP contribution >= 0.6 is 22.9 Å². The van der Waals surface area contributed by atoms with Crippen LogP contribution in [0.3, 0.4) is 0 Å². The van der Waals surface area contributed by atoms with Crippen molar-refractivity contribution in [1.29, 1.82) is 0 Å². The second-order valence-electron chi connectivity index (χ2n) is 8.32. The minimum Gasteiger partial charge on any atom is -0.395 e. The standard InChI is InChI=1S/C24H27N5O3S2/c25-18-19(22(26)30)28-34-21(18)24(32)29(14-15-8-3-1-4-9-15)20(17-12-7-13-33-17)23(31)27-16-10-5-2-6-11-16/h1,3-4,7-9,12-13,16,20H,2,5-6,10-11,14,25H2,(H2,26,30)(H,27,31). The summed E-state index contributed by atoms with van der Waals surface area (Å²) in [5, 5.41) is 5.06. The van der Waals surface area contributed by atoms with Gasteiger partial charge in [0, 0.05) is 17.5 Å². The number of aromatic nitrogens is 1. The zero-order chi connectivity index (χ0) is 24.1. The lowest BCUT2D eigenvalue weighted by Crippen LogP contribution is -2.46. The first-order chi connectivity index (χ1) is 16.5. The molecule has 1 aliphatic carbocycles. The number of nitrogens with two attached hydrogens (primary N) is 2. The number of amides is 3. The van der Waals surface area contributed by atoms with Crippen LogP contribution in [0, 0.1) is 0 Å². The van der Waals surface area contributed by atoms with Crippen molar-refractivity contribution in [2.24, 2.45) is 5.73 Å². The molecule has 1 aliphatic rings. The van der Waals surface area contributed by atoms with Crippen LogP contribution in [0.15, 0.2) is 47.8 Å². The molecule has 0 saturated heterocycles. The summed E-state index contributed by atoms with van der Waals surface area (Å²) in [6.45, 7) is 0.184. The van der Waals surface area contributed by atoms with Crippen LogP contribution in [-0.4, -0.2) is 33.0 Å². The third kappa shape index (κ3) is 5.28. The first kappa shape index (κ1) is 23.9. The maximum atomic E-state index is 13.8. The second-order valence-corrected chi connectivity index (χ2v) is 10.1. The fourth-order valence-corrected chi connectivity index (χ4v) is 5.81. The van der Waals surface area contributed by atoms with Gasteiger partial charge in [0.15, 0.2) is 5.69 Å². The Balaban J connectivity index is 1.72. The molecule has 3 amide bonds. The van der Waals surface area contributed by atoms with Crippen LogP contribution in [0.1, 0.15) is 68.7 Å². The molecule has 3 aromatic rings. The number of hydrogen-bond acceptors (Lipinski definition) is 7. The van der Waals surface area contributed by atoms with Crippen LogP contribution in [-0.2, 0) is 11.3 Å². The molecule has 0 aliphatic heterocycles. The Labute approximate surface area is 206 Å². The number of primary amides is 1. The van der Waals surface area contributed by atoms with Gasteiger partial charge in [-0.25, -0.2) is 0 Å². The zero-order valence-electron chi connectivity index (χ0n) is 18.6. The van der Waals surface area contributed by atoms with Crippen molar-refractivity contribution in [2.45, 2.75) is 50.7 Å². The van der Waals surface area contributed by atoms with Gasteiger partial charge in [-0.05, 0) is 41.4 Å². The fraction of sp³-hybridized carbons (Fsp3) is 0.333. The topological polar surface area (TPSA) is 131 Å². The summed E-state index contributed by atoms with van der Waals surface area (Å²) in [6.07, 6.45) is 5.19. The van der Waals surface area contributed by atoms with Crippen molar-refractivity contribution >= 4 is 46.3 Å². The molecule has 5 N–H and O–H groups in total. The number of anilines is 1. The molecule has 2 aromatic heterocycles. The normalized spacial score (nSPS) is 14.9. The van der Waals surface area contributed by atoms with E-state index in [1.165, 1.54) is 22.7 Å². The molecule has 1 fully saturated rings. The van der Waals surface area contributed by atoms with Crippen LogP contribution in [0.2, 0.25) is 0 Å². The molecular formula is C24H27N5O3S2. The molecule has 1 unspecified atom stereocenters. The van der Waals surface area contributed by atoms with Crippen molar-refractivity contribution in [1.82, 2.24) is 14.6 Å². The first-order valence-electron chi connectivity index (χ1n) is 11.2. The van der Waals surface area contributed by atoms with Gasteiger partial charge in [0.25, 0.3) is 11.8 Å². The number of nitrogens with zero attached hydrogens (tertiary/aromatic N) is 2. The van der Waals surface area contributed by atoms with Crippen LogP contribution in [0.25, 0.3) is 0 Å². The number of benzene rings is 1. The Bertz CT molecular complexity index is 1140. The summed E-state index contributed by atoms with van der Waals surface area (Å²) < 4.78 is 3.98. The second kappa shape index (κ2) is 10.8. The molecule has 0 radical (unpaired) electrons. The highest BCUT2D eigenvalue weighted by atomic mass is 32.1. The monoisotopic (exact) mass is 497 g/mol. The fourth-order valence-electron chi connectivity index (χ4n) is 4.22. The van der Waals surface area contributed by atoms with Crippen molar-refractivity contribution in [3.8, 4) is 0 Å². The van der Waals surface area contributed by atoms with E-state index in [1.54, 1.807) is 0 Å². The van der Waals surface area contributed by atoms with E-state index in [-0.39, 0.29) is 34.8 Å². The van der Waals surface area contributed by atoms with Crippen molar-refractivity contribution in [2.75, 3.05) is 5.73 Å². The van der Waals surface area contributed by atoms with E-state index in [9.17, 15) is 14.4 Å². The number of rotatable bonds is 8. The lowest BCUT2D eigenvalue weighted by molar-refractivity contribution is -0.127. The number of carbonyl (C=O) groups is 3. The Morgan fingerprint density at radius 1 is 1.09 bits per heavy atom. The molecule has 0 spiro atoms. The van der Waals surface area contributed by atoms with Gasteiger partial charge in [-0.2, -0.15) is 4.37 Å². The summed E-state index contributed by atoms with van der Waals surface area (Å²) in [6, 6.07) is 12.4. The average molecular weight is 498 g/mol. The molecule has 178 valence electrons. The summed E-state index contributed by atoms with van der Waals surface area (Å²) in [4.78, 5) is 41.5. The molecule has 0 bridgehead atoms. The summed E-state index contributed by atoms with van der Waals surface area (Å²) >= 11 is 2.23. The predicted octanol–water partition coefficient (Wildman–Crippen LogP) is 3.72. The Morgan fingerprint density at radius 2 is 1.82 bits per heavy atom. The van der Waals surface area contributed by atoms with E-state index in [1.807, 2.05) is 47.8 Å². The summed E-state index contributed by atoms with van der Waals surface area (Å²) in [5.74, 6) is -1.49. The molecule has 1 saturated carbocycles.